The smallest absolute Gasteiger partial charge is 0.238 e. The van der Waals surface area contributed by atoms with E-state index in [1.54, 1.807) is 6.07 Å². The Kier molecular flexibility index (Phi) is 7.16. The highest BCUT2D eigenvalue weighted by Crippen LogP contribution is 2.19. The zero-order valence-electron chi connectivity index (χ0n) is 10.8. The fraction of sp³-hybridized carbons (Fsp3) is 0.462. The number of anilines is 1. The van der Waals surface area contributed by atoms with Crippen LogP contribution in [0.1, 0.15) is 12.0 Å². The molecule has 0 unspecified atom stereocenters. The van der Waals surface area contributed by atoms with E-state index in [1.165, 1.54) is 0 Å². The van der Waals surface area contributed by atoms with Gasteiger partial charge in [-0.05, 0) is 49.6 Å². The lowest BCUT2D eigenvalue weighted by Crippen LogP contribution is -2.29. The van der Waals surface area contributed by atoms with Crippen LogP contribution < -0.4 is 10.6 Å². The van der Waals surface area contributed by atoms with Crippen molar-refractivity contribution in [2.45, 2.75) is 13.3 Å². The monoisotopic (exact) mass is 286 g/mol. The largest absolute Gasteiger partial charge is 0.325 e. The van der Waals surface area contributed by atoms with Gasteiger partial charge in [-0.3, -0.25) is 4.79 Å². The number of carbonyl (C=O) groups excluding carboxylic acids is 1. The first-order chi connectivity index (χ1) is 8.63. The van der Waals surface area contributed by atoms with Gasteiger partial charge in [-0.1, -0.05) is 17.7 Å². The summed E-state index contributed by atoms with van der Waals surface area (Å²) in [4.78, 5) is 11.7. The van der Waals surface area contributed by atoms with Gasteiger partial charge in [-0.2, -0.15) is 11.8 Å². The Morgan fingerprint density at radius 3 is 2.94 bits per heavy atom. The molecular weight excluding hydrogens is 268 g/mol. The molecule has 1 aromatic rings. The van der Waals surface area contributed by atoms with Crippen LogP contribution in [0.4, 0.5) is 5.69 Å². The molecule has 0 saturated heterocycles. The zero-order chi connectivity index (χ0) is 13.4. The number of amides is 1. The molecule has 3 nitrogen and oxygen atoms in total. The first kappa shape index (κ1) is 15.3. The Balaban J connectivity index is 2.33. The highest BCUT2D eigenvalue weighted by atomic mass is 35.5. The number of hydrogen-bond acceptors (Lipinski definition) is 3. The molecule has 0 atom stereocenters. The minimum atomic E-state index is -0.0375. The molecule has 0 radical (unpaired) electrons. The number of nitrogens with one attached hydrogen (secondary N) is 2. The van der Waals surface area contributed by atoms with Gasteiger partial charge in [0.25, 0.3) is 0 Å². The SMILES string of the molecule is CSCCCNCC(=O)Nc1cc(Cl)ccc1C. The molecule has 18 heavy (non-hydrogen) atoms. The van der Waals surface area contributed by atoms with Gasteiger partial charge in [0.2, 0.25) is 5.91 Å². The number of hydrogen-bond donors (Lipinski definition) is 2. The van der Waals surface area contributed by atoms with Crippen molar-refractivity contribution in [3.8, 4) is 0 Å². The molecule has 0 bridgehead atoms. The van der Waals surface area contributed by atoms with E-state index < -0.39 is 0 Å². The van der Waals surface area contributed by atoms with Crippen LogP contribution in [0.2, 0.25) is 5.02 Å². The van der Waals surface area contributed by atoms with E-state index in [2.05, 4.69) is 16.9 Å². The summed E-state index contributed by atoms with van der Waals surface area (Å²) in [6.45, 7) is 3.14. The van der Waals surface area contributed by atoms with Crippen molar-refractivity contribution in [3.63, 3.8) is 0 Å². The molecule has 0 heterocycles. The lowest BCUT2D eigenvalue weighted by molar-refractivity contribution is -0.115. The third kappa shape index (κ3) is 5.76. The maximum atomic E-state index is 11.7. The molecule has 0 spiro atoms. The lowest BCUT2D eigenvalue weighted by atomic mass is 10.2. The van der Waals surface area contributed by atoms with Crippen LogP contribution in [0.25, 0.3) is 0 Å². The van der Waals surface area contributed by atoms with Gasteiger partial charge in [0, 0.05) is 10.7 Å². The van der Waals surface area contributed by atoms with Crippen LogP contribution in [0, 0.1) is 6.92 Å². The summed E-state index contributed by atoms with van der Waals surface area (Å²) >= 11 is 7.70. The van der Waals surface area contributed by atoms with Crippen molar-refractivity contribution in [2.24, 2.45) is 0 Å². The van der Waals surface area contributed by atoms with Crippen LogP contribution >= 0.6 is 23.4 Å². The van der Waals surface area contributed by atoms with Crippen LogP contribution in [0.15, 0.2) is 18.2 Å². The molecule has 1 amide bonds. The van der Waals surface area contributed by atoms with E-state index in [4.69, 9.17) is 11.6 Å². The first-order valence-corrected chi connectivity index (χ1v) is 7.66. The maximum Gasteiger partial charge on any atom is 0.238 e. The van der Waals surface area contributed by atoms with Gasteiger partial charge in [0.15, 0.2) is 0 Å². The van der Waals surface area contributed by atoms with Crippen molar-refractivity contribution < 1.29 is 4.79 Å². The third-order valence-corrected chi connectivity index (χ3v) is 3.39. The van der Waals surface area contributed by atoms with E-state index in [0.29, 0.717) is 11.6 Å². The highest BCUT2D eigenvalue weighted by molar-refractivity contribution is 7.98. The van der Waals surface area contributed by atoms with Crippen molar-refractivity contribution in [1.29, 1.82) is 0 Å². The number of thioether (sulfide) groups is 1. The lowest BCUT2D eigenvalue weighted by Gasteiger charge is -2.09. The Labute approximate surface area is 118 Å². The molecule has 1 rings (SSSR count). The Bertz CT molecular complexity index is 399. The standard InChI is InChI=1S/C13H19ClN2OS/c1-10-4-5-11(14)8-12(10)16-13(17)9-15-6-3-7-18-2/h4-5,8,15H,3,6-7,9H2,1-2H3,(H,16,17). The van der Waals surface area contributed by atoms with Gasteiger partial charge in [0.1, 0.15) is 0 Å². The van der Waals surface area contributed by atoms with Crippen LogP contribution in [-0.4, -0.2) is 31.0 Å². The summed E-state index contributed by atoms with van der Waals surface area (Å²) in [5, 5.41) is 6.60. The van der Waals surface area contributed by atoms with E-state index in [1.807, 2.05) is 30.8 Å². The molecule has 0 saturated carbocycles. The molecular formula is C13H19ClN2OS. The number of halogens is 1. The van der Waals surface area contributed by atoms with E-state index >= 15 is 0 Å². The van der Waals surface area contributed by atoms with Crippen molar-refractivity contribution >= 4 is 35.0 Å². The Morgan fingerprint density at radius 1 is 1.44 bits per heavy atom. The van der Waals surface area contributed by atoms with Crippen molar-refractivity contribution in [3.05, 3.63) is 28.8 Å². The second-order valence-corrected chi connectivity index (χ2v) is 5.45. The average molecular weight is 287 g/mol. The molecule has 0 aliphatic heterocycles. The third-order valence-electron chi connectivity index (χ3n) is 2.46. The summed E-state index contributed by atoms with van der Waals surface area (Å²) in [6, 6.07) is 5.47. The number of rotatable bonds is 7. The molecule has 0 aliphatic rings. The van der Waals surface area contributed by atoms with Crippen molar-refractivity contribution in [1.82, 2.24) is 5.32 Å². The normalized spacial score (nSPS) is 10.4. The number of benzene rings is 1. The molecule has 2 N–H and O–H groups in total. The summed E-state index contributed by atoms with van der Waals surface area (Å²) < 4.78 is 0. The fourth-order valence-electron chi connectivity index (χ4n) is 1.47. The predicted octanol–water partition coefficient (Wildman–Crippen LogP) is 2.93. The summed E-state index contributed by atoms with van der Waals surface area (Å²) in [7, 11) is 0. The van der Waals surface area contributed by atoms with Gasteiger partial charge >= 0.3 is 0 Å². The minimum absolute atomic E-state index is 0.0375. The highest BCUT2D eigenvalue weighted by Gasteiger charge is 2.04. The zero-order valence-corrected chi connectivity index (χ0v) is 12.3. The predicted molar refractivity (Wildman–Crippen MR) is 80.7 cm³/mol. The van der Waals surface area contributed by atoms with Crippen LogP contribution in [0.5, 0.6) is 0 Å². The van der Waals surface area contributed by atoms with Gasteiger partial charge in [-0.25, -0.2) is 0 Å². The summed E-state index contributed by atoms with van der Waals surface area (Å²) in [5.41, 5.74) is 1.79. The van der Waals surface area contributed by atoms with Gasteiger partial charge in [-0.15, -0.1) is 0 Å². The molecule has 0 aliphatic carbocycles. The summed E-state index contributed by atoms with van der Waals surface area (Å²) in [5.74, 6) is 1.08. The molecule has 0 aromatic heterocycles. The second kappa shape index (κ2) is 8.40. The maximum absolute atomic E-state index is 11.7. The molecule has 0 fully saturated rings. The van der Waals surface area contributed by atoms with Gasteiger partial charge < -0.3 is 10.6 Å². The van der Waals surface area contributed by atoms with E-state index in [9.17, 15) is 4.79 Å². The van der Waals surface area contributed by atoms with E-state index in [0.717, 1.165) is 30.0 Å². The van der Waals surface area contributed by atoms with Crippen LogP contribution in [-0.2, 0) is 4.79 Å². The fourth-order valence-corrected chi connectivity index (χ4v) is 2.07. The topological polar surface area (TPSA) is 41.1 Å². The minimum Gasteiger partial charge on any atom is -0.325 e. The van der Waals surface area contributed by atoms with Gasteiger partial charge in [0.05, 0.1) is 6.54 Å². The molecule has 5 heteroatoms. The molecule has 1 aromatic carbocycles. The summed E-state index contributed by atoms with van der Waals surface area (Å²) in [6.07, 6.45) is 3.15. The van der Waals surface area contributed by atoms with Crippen molar-refractivity contribution in [2.75, 3.05) is 30.4 Å². The first-order valence-electron chi connectivity index (χ1n) is 5.89. The average Bonchev–Trinajstić information content (AvgIpc) is 2.33. The number of carbonyl (C=O) groups is 1. The Hall–Kier alpha value is -0.710. The second-order valence-electron chi connectivity index (χ2n) is 4.03. The number of aryl methyl sites for hydroxylation is 1. The Morgan fingerprint density at radius 2 is 2.22 bits per heavy atom. The quantitative estimate of drug-likeness (QED) is 0.757. The van der Waals surface area contributed by atoms with Crippen LogP contribution in [0.3, 0.4) is 0 Å². The molecule has 100 valence electrons. The van der Waals surface area contributed by atoms with E-state index in [-0.39, 0.29) is 5.91 Å².